The smallest absolute Gasteiger partial charge is 0.491 e. The molecule has 0 radical (unpaired) electrons. The molecule has 0 atom stereocenters. The van der Waals surface area contributed by atoms with E-state index < -0.39 is 7.12 Å². The second-order valence-electron chi connectivity index (χ2n) is 4.42. The van der Waals surface area contributed by atoms with E-state index in [1.165, 1.54) is 6.07 Å². The molecule has 0 spiro atoms. The Morgan fingerprint density at radius 3 is 2.68 bits per heavy atom. The lowest BCUT2D eigenvalue weighted by atomic mass is 9.78. The van der Waals surface area contributed by atoms with Crippen LogP contribution in [-0.2, 0) is 11.3 Å². The molecule has 1 aliphatic heterocycles. The summed E-state index contributed by atoms with van der Waals surface area (Å²) in [4.78, 5) is 0. The Morgan fingerprint density at radius 2 is 2.00 bits per heavy atom. The topological polar surface area (TPSA) is 38.7 Å². The van der Waals surface area contributed by atoms with Crippen LogP contribution in [0.5, 0.6) is 5.75 Å². The predicted octanol–water partition coefficient (Wildman–Crippen LogP) is 1.72. The number of rotatable bonds is 2. The van der Waals surface area contributed by atoms with Gasteiger partial charge in [-0.1, -0.05) is 18.2 Å². The van der Waals surface area contributed by atoms with Gasteiger partial charge in [-0.15, -0.1) is 0 Å². The molecule has 0 saturated carbocycles. The van der Waals surface area contributed by atoms with Crippen molar-refractivity contribution >= 4 is 12.6 Å². The van der Waals surface area contributed by atoms with E-state index in [2.05, 4.69) is 0 Å². The standard InChI is InChI=1S/C14H12BFO3/c1-18-11-4-2-9(3-5-11)12-7-13-10(6-14(12)16)8-19-15(13)17/h2-7,17H,8H2,1H3. The van der Waals surface area contributed by atoms with Crippen LogP contribution in [0.4, 0.5) is 4.39 Å². The highest BCUT2D eigenvalue weighted by Crippen LogP contribution is 2.26. The quantitative estimate of drug-likeness (QED) is 0.833. The molecule has 0 aromatic heterocycles. The minimum Gasteiger partial charge on any atom is -0.497 e. The Hall–Kier alpha value is -1.85. The first-order valence-corrected chi connectivity index (χ1v) is 5.95. The number of halogens is 1. The molecule has 0 bridgehead atoms. The molecule has 0 amide bonds. The molecule has 1 heterocycles. The van der Waals surface area contributed by atoms with Gasteiger partial charge in [-0.3, -0.25) is 0 Å². The van der Waals surface area contributed by atoms with Crippen molar-refractivity contribution in [2.75, 3.05) is 7.11 Å². The summed E-state index contributed by atoms with van der Waals surface area (Å²) >= 11 is 0. The molecule has 96 valence electrons. The second-order valence-corrected chi connectivity index (χ2v) is 4.42. The summed E-state index contributed by atoms with van der Waals surface area (Å²) in [6, 6.07) is 10.2. The van der Waals surface area contributed by atoms with Gasteiger partial charge in [-0.2, -0.15) is 0 Å². The highest BCUT2D eigenvalue weighted by atomic mass is 19.1. The van der Waals surface area contributed by atoms with E-state index in [9.17, 15) is 9.41 Å². The van der Waals surface area contributed by atoms with Crippen LogP contribution in [0.2, 0.25) is 0 Å². The van der Waals surface area contributed by atoms with Gasteiger partial charge >= 0.3 is 7.12 Å². The van der Waals surface area contributed by atoms with E-state index in [0.717, 1.165) is 5.56 Å². The van der Waals surface area contributed by atoms with Gasteiger partial charge in [0.25, 0.3) is 0 Å². The Bertz CT molecular complexity index is 613. The van der Waals surface area contributed by atoms with Crippen molar-refractivity contribution in [2.24, 2.45) is 0 Å². The average molecular weight is 258 g/mol. The van der Waals surface area contributed by atoms with E-state index in [4.69, 9.17) is 9.39 Å². The molecule has 1 aliphatic rings. The SMILES string of the molecule is COc1ccc(-c2cc3c(cc2F)COB3O)cc1. The first-order chi connectivity index (χ1) is 9.19. The van der Waals surface area contributed by atoms with Crippen LogP contribution in [0.3, 0.4) is 0 Å². The highest BCUT2D eigenvalue weighted by molar-refractivity contribution is 6.61. The lowest BCUT2D eigenvalue weighted by Crippen LogP contribution is -2.28. The number of fused-ring (bicyclic) bond motifs is 1. The molecule has 3 nitrogen and oxygen atoms in total. The van der Waals surface area contributed by atoms with Gasteiger partial charge in [0.1, 0.15) is 11.6 Å². The lowest BCUT2D eigenvalue weighted by Gasteiger charge is -2.08. The molecule has 1 N–H and O–H groups in total. The molecule has 2 aromatic rings. The fourth-order valence-corrected chi connectivity index (χ4v) is 2.24. The minimum atomic E-state index is -0.965. The van der Waals surface area contributed by atoms with Crippen molar-refractivity contribution in [1.29, 1.82) is 0 Å². The summed E-state index contributed by atoms with van der Waals surface area (Å²) in [5.74, 6) is 0.398. The van der Waals surface area contributed by atoms with Crippen molar-refractivity contribution in [3.8, 4) is 16.9 Å². The van der Waals surface area contributed by atoms with Gasteiger partial charge < -0.3 is 14.4 Å². The molecule has 3 rings (SSSR count). The maximum absolute atomic E-state index is 14.1. The number of hydrogen-bond donors (Lipinski definition) is 1. The normalized spacial score (nSPS) is 13.5. The zero-order chi connectivity index (χ0) is 13.4. The van der Waals surface area contributed by atoms with E-state index in [0.29, 0.717) is 22.3 Å². The van der Waals surface area contributed by atoms with Crippen LogP contribution in [0.1, 0.15) is 5.56 Å². The van der Waals surface area contributed by atoms with Crippen LogP contribution in [0.15, 0.2) is 36.4 Å². The van der Waals surface area contributed by atoms with Gasteiger partial charge in [0, 0.05) is 5.56 Å². The zero-order valence-corrected chi connectivity index (χ0v) is 10.4. The maximum atomic E-state index is 14.1. The molecule has 0 aliphatic carbocycles. The number of hydrogen-bond acceptors (Lipinski definition) is 3. The summed E-state index contributed by atoms with van der Waals surface area (Å²) in [6.07, 6.45) is 0. The third-order valence-electron chi connectivity index (χ3n) is 3.29. The molecule has 0 saturated heterocycles. The van der Waals surface area contributed by atoms with Gasteiger partial charge in [-0.05, 0) is 34.8 Å². The summed E-state index contributed by atoms with van der Waals surface area (Å²) in [6.45, 7) is 0.246. The molecule has 0 unspecified atom stereocenters. The van der Waals surface area contributed by atoms with E-state index in [1.54, 1.807) is 37.4 Å². The largest absolute Gasteiger partial charge is 0.497 e. The van der Waals surface area contributed by atoms with E-state index in [1.807, 2.05) is 0 Å². The predicted molar refractivity (Wildman–Crippen MR) is 70.8 cm³/mol. The van der Waals surface area contributed by atoms with Crippen molar-refractivity contribution < 1.29 is 18.8 Å². The maximum Gasteiger partial charge on any atom is 0.491 e. The van der Waals surface area contributed by atoms with Gasteiger partial charge in [0.2, 0.25) is 0 Å². The minimum absolute atomic E-state index is 0.246. The monoisotopic (exact) mass is 258 g/mol. The van der Waals surface area contributed by atoms with Crippen LogP contribution < -0.4 is 10.2 Å². The third-order valence-corrected chi connectivity index (χ3v) is 3.29. The van der Waals surface area contributed by atoms with E-state index in [-0.39, 0.29) is 12.4 Å². The van der Waals surface area contributed by atoms with Crippen molar-refractivity contribution in [3.63, 3.8) is 0 Å². The van der Waals surface area contributed by atoms with Gasteiger partial charge in [0.15, 0.2) is 0 Å². The summed E-state index contributed by atoms with van der Waals surface area (Å²) in [7, 11) is 0.617. The third kappa shape index (κ3) is 2.11. The van der Waals surface area contributed by atoms with Gasteiger partial charge in [0.05, 0.1) is 13.7 Å². The summed E-state index contributed by atoms with van der Waals surface area (Å²) in [5, 5.41) is 9.66. The van der Waals surface area contributed by atoms with E-state index >= 15 is 0 Å². The van der Waals surface area contributed by atoms with Crippen LogP contribution >= 0.6 is 0 Å². The summed E-state index contributed by atoms with van der Waals surface area (Å²) < 4.78 is 24.2. The van der Waals surface area contributed by atoms with Crippen LogP contribution in [0.25, 0.3) is 11.1 Å². The molecular formula is C14H12BFO3. The first-order valence-electron chi connectivity index (χ1n) is 5.95. The molecule has 19 heavy (non-hydrogen) atoms. The zero-order valence-electron chi connectivity index (χ0n) is 10.4. The second kappa shape index (κ2) is 4.68. The highest BCUT2D eigenvalue weighted by Gasteiger charge is 2.28. The van der Waals surface area contributed by atoms with Crippen molar-refractivity contribution in [3.05, 3.63) is 47.8 Å². The Morgan fingerprint density at radius 1 is 1.26 bits per heavy atom. The average Bonchev–Trinajstić information content (AvgIpc) is 2.79. The number of ether oxygens (including phenoxy) is 1. The molecule has 2 aromatic carbocycles. The number of benzene rings is 2. The Labute approximate surface area is 110 Å². The fraction of sp³-hybridized carbons (Fsp3) is 0.143. The van der Waals surface area contributed by atoms with Crippen LogP contribution in [-0.4, -0.2) is 19.3 Å². The number of methoxy groups -OCH3 is 1. The fourth-order valence-electron chi connectivity index (χ4n) is 2.24. The van der Waals surface area contributed by atoms with Gasteiger partial charge in [-0.25, -0.2) is 4.39 Å². The van der Waals surface area contributed by atoms with Crippen molar-refractivity contribution in [1.82, 2.24) is 0 Å². The van der Waals surface area contributed by atoms with Crippen molar-refractivity contribution in [2.45, 2.75) is 6.61 Å². The van der Waals surface area contributed by atoms with Crippen LogP contribution in [0, 0.1) is 5.82 Å². The first kappa shape index (κ1) is 12.2. The molecule has 0 fully saturated rings. The Balaban J connectivity index is 2.06. The molecule has 5 heteroatoms. The summed E-state index contributed by atoms with van der Waals surface area (Å²) in [5.41, 5.74) is 2.51. The lowest BCUT2D eigenvalue weighted by molar-refractivity contribution is 0.275. The Kier molecular flexibility index (Phi) is 3.01. The molecular weight excluding hydrogens is 246 g/mol.